The highest BCUT2D eigenvalue weighted by Crippen LogP contribution is 2.46. The van der Waals surface area contributed by atoms with Crippen molar-refractivity contribution >= 4 is 23.2 Å². The average molecular weight is 452 g/mol. The minimum Gasteiger partial charge on any atom is -0.504 e. The smallest absolute Gasteiger partial charge is 0.331 e. The number of aromatic amines is 1. The zero-order chi connectivity index (χ0) is 22.8. The molecule has 1 aliphatic heterocycles. The number of aliphatic imine (C=N–C) groups is 1. The van der Waals surface area contributed by atoms with Crippen LogP contribution in [0.1, 0.15) is 22.8 Å². The van der Waals surface area contributed by atoms with Crippen LogP contribution in [-0.4, -0.2) is 32.6 Å². The van der Waals surface area contributed by atoms with E-state index in [1.807, 2.05) is 24.3 Å². The number of rotatable bonds is 5. The Bertz CT molecular complexity index is 1340. The number of thioether (sulfide) groups is 1. The fourth-order valence-corrected chi connectivity index (χ4v) is 4.79. The van der Waals surface area contributed by atoms with Gasteiger partial charge < -0.3 is 14.9 Å². The van der Waals surface area contributed by atoms with E-state index in [4.69, 9.17) is 9.73 Å². The number of methoxy groups -OCH3 is 1. The largest absolute Gasteiger partial charge is 0.504 e. The number of fused-ring (bicyclic) bond motifs is 1. The Morgan fingerprint density at radius 3 is 2.81 bits per heavy atom. The topological polar surface area (TPSA) is 117 Å². The van der Waals surface area contributed by atoms with Gasteiger partial charge in [0.2, 0.25) is 5.88 Å². The second-order valence-electron chi connectivity index (χ2n) is 7.13. The van der Waals surface area contributed by atoms with Crippen LogP contribution in [0.25, 0.3) is 0 Å². The molecular weight excluding hydrogens is 430 g/mol. The molecular formula is C23H21N3O5S. The molecule has 2 heterocycles. The molecule has 0 saturated heterocycles. The number of allylic oxidation sites excluding steroid dienone is 1. The fraction of sp³-hybridized carbons (Fsp3) is 0.174. The Hall–Kier alpha value is -3.72. The molecule has 1 aromatic heterocycles. The minimum atomic E-state index is -0.722. The highest BCUT2D eigenvalue weighted by molar-refractivity contribution is 7.99. The molecule has 9 heteroatoms. The first-order chi connectivity index (χ1) is 15.4. The predicted octanol–water partition coefficient (Wildman–Crippen LogP) is 3.50. The van der Waals surface area contributed by atoms with Gasteiger partial charge >= 0.3 is 5.69 Å². The number of phenolic OH excluding ortho intramolecular Hbond substituents is 1. The molecule has 0 saturated carbocycles. The number of phenols is 1. The Morgan fingerprint density at radius 1 is 1.28 bits per heavy atom. The van der Waals surface area contributed by atoms with Gasteiger partial charge in [0.05, 0.1) is 18.5 Å². The lowest BCUT2D eigenvalue weighted by molar-refractivity contribution is 0.373. The van der Waals surface area contributed by atoms with Crippen LogP contribution in [0.2, 0.25) is 0 Å². The summed E-state index contributed by atoms with van der Waals surface area (Å²) in [5, 5.41) is 20.6. The van der Waals surface area contributed by atoms with Crippen LogP contribution in [0.4, 0.5) is 5.69 Å². The van der Waals surface area contributed by atoms with Gasteiger partial charge in [-0.1, -0.05) is 24.3 Å². The molecule has 0 radical (unpaired) electrons. The third-order valence-corrected chi connectivity index (χ3v) is 6.44. The summed E-state index contributed by atoms with van der Waals surface area (Å²) in [4.78, 5) is 32.7. The molecule has 4 rings (SSSR count). The molecule has 0 bridgehead atoms. The van der Waals surface area contributed by atoms with E-state index in [0.29, 0.717) is 17.1 Å². The van der Waals surface area contributed by atoms with E-state index in [9.17, 15) is 19.8 Å². The lowest BCUT2D eigenvalue weighted by Gasteiger charge is -2.18. The third-order valence-electron chi connectivity index (χ3n) is 5.12. The maximum absolute atomic E-state index is 12.7. The molecule has 1 aliphatic rings. The maximum Gasteiger partial charge on any atom is 0.331 e. The van der Waals surface area contributed by atoms with E-state index in [1.165, 1.54) is 13.2 Å². The number of benzene rings is 2. The number of hydrogen-bond acceptors (Lipinski definition) is 7. The summed E-state index contributed by atoms with van der Waals surface area (Å²) in [7, 11) is 1.47. The van der Waals surface area contributed by atoms with E-state index >= 15 is 0 Å². The van der Waals surface area contributed by atoms with Crippen molar-refractivity contribution in [2.45, 2.75) is 23.1 Å². The van der Waals surface area contributed by atoms with Crippen LogP contribution < -0.4 is 16.0 Å². The van der Waals surface area contributed by atoms with E-state index in [2.05, 4.69) is 11.6 Å². The highest BCUT2D eigenvalue weighted by atomic mass is 32.2. The molecule has 2 aromatic carbocycles. The van der Waals surface area contributed by atoms with Crippen molar-refractivity contribution in [3.8, 4) is 17.4 Å². The van der Waals surface area contributed by atoms with Crippen molar-refractivity contribution in [3.63, 3.8) is 0 Å². The van der Waals surface area contributed by atoms with Crippen LogP contribution >= 0.6 is 11.8 Å². The van der Waals surface area contributed by atoms with Gasteiger partial charge in [-0.3, -0.25) is 19.3 Å². The van der Waals surface area contributed by atoms with Gasteiger partial charge in [-0.2, -0.15) is 0 Å². The summed E-state index contributed by atoms with van der Waals surface area (Å²) in [6.07, 6.45) is 1.74. The Labute approximate surface area is 187 Å². The van der Waals surface area contributed by atoms with E-state index in [-0.39, 0.29) is 29.5 Å². The summed E-state index contributed by atoms with van der Waals surface area (Å²) < 4.78 is 6.29. The van der Waals surface area contributed by atoms with E-state index < -0.39 is 17.1 Å². The molecule has 0 spiro atoms. The van der Waals surface area contributed by atoms with Crippen LogP contribution in [-0.2, 0) is 6.54 Å². The minimum absolute atomic E-state index is 0.0229. The van der Waals surface area contributed by atoms with Crippen LogP contribution in [0.15, 0.2) is 74.6 Å². The second kappa shape index (κ2) is 8.80. The SMILES string of the molecule is C=CCn1c(O)c(C2=Nc3ccccc3S[C@@H](c3ccc(O)c(OC)c3)C2)c(=O)[nH]c1=O. The van der Waals surface area contributed by atoms with Crippen molar-refractivity contribution < 1.29 is 14.9 Å². The Kier molecular flexibility index (Phi) is 5.91. The van der Waals surface area contributed by atoms with Crippen molar-refractivity contribution in [2.24, 2.45) is 4.99 Å². The van der Waals surface area contributed by atoms with Crippen molar-refractivity contribution in [1.82, 2.24) is 9.55 Å². The van der Waals surface area contributed by atoms with Gasteiger partial charge in [-0.15, -0.1) is 18.3 Å². The van der Waals surface area contributed by atoms with Gasteiger partial charge in [0, 0.05) is 23.1 Å². The van der Waals surface area contributed by atoms with Gasteiger partial charge in [0.15, 0.2) is 11.5 Å². The molecule has 0 aliphatic carbocycles. The summed E-state index contributed by atoms with van der Waals surface area (Å²) in [6.45, 7) is 3.63. The monoisotopic (exact) mass is 451 g/mol. The summed E-state index contributed by atoms with van der Waals surface area (Å²) >= 11 is 1.55. The Balaban J connectivity index is 1.90. The van der Waals surface area contributed by atoms with Gasteiger partial charge in [-0.25, -0.2) is 4.79 Å². The Morgan fingerprint density at radius 2 is 2.06 bits per heavy atom. The summed E-state index contributed by atoms with van der Waals surface area (Å²) in [6, 6.07) is 12.6. The number of nitrogens with one attached hydrogen (secondary N) is 1. The molecule has 32 heavy (non-hydrogen) atoms. The van der Waals surface area contributed by atoms with E-state index in [1.54, 1.807) is 30.0 Å². The number of para-hydroxylation sites is 1. The van der Waals surface area contributed by atoms with Gasteiger partial charge in [0.25, 0.3) is 5.56 Å². The zero-order valence-corrected chi connectivity index (χ0v) is 18.1. The molecule has 0 unspecified atom stereocenters. The lowest BCUT2D eigenvalue weighted by atomic mass is 10.0. The number of aromatic hydroxyl groups is 2. The molecule has 0 fully saturated rings. The van der Waals surface area contributed by atoms with Crippen molar-refractivity contribution in [1.29, 1.82) is 0 Å². The van der Waals surface area contributed by atoms with Crippen LogP contribution in [0, 0.1) is 0 Å². The maximum atomic E-state index is 12.7. The fourth-order valence-electron chi connectivity index (χ4n) is 3.57. The van der Waals surface area contributed by atoms with Crippen LogP contribution in [0.3, 0.4) is 0 Å². The number of ether oxygens (including phenoxy) is 1. The quantitative estimate of drug-likeness (QED) is 0.511. The molecule has 0 amide bonds. The summed E-state index contributed by atoms with van der Waals surface area (Å²) in [5.74, 6) is -0.0991. The standard InChI is InChI=1S/C23H21N3O5S/c1-3-10-26-22(29)20(21(28)25-23(26)30)15-12-19(13-8-9-16(27)17(11-13)31-2)32-18-7-5-4-6-14(18)24-15/h3-9,11,19,27,29H,1,10,12H2,2H3,(H,25,28,30)/t19-/m1/s1. The second-order valence-corrected chi connectivity index (χ2v) is 8.37. The average Bonchev–Trinajstić information content (AvgIpc) is 2.96. The molecule has 164 valence electrons. The number of nitrogens with zero attached hydrogens (tertiary/aromatic N) is 2. The molecule has 3 aromatic rings. The zero-order valence-electron chi connectivity index (χ0n) is 17.2. The van der Waals surface area contributed by atoms with Crippen molar-refractivity contribution in [3.05, 3.63) is 87.1 Å². The molecule has 8 nitrogen and oxygen atoms in total. The molecule has 3 N–H and O–H groups in total. The number of H-pyrrole nitrogens is 1. The van der Waals surface area contributed by atoms with Gasteiger partial charge in [0.1, 0.15) is 5.56 Å². The number of hydrogen-bond donors (Lipinski definition) is 3. The first kappa shape index (κ1) is 21.5. The highest BCUT2D eigenvalue weighted by Gasteiger charge is 2.27. The normalized spacial score (nSPS) is 15.4. The van der Waals surface area contributed by atoms with Gasteiger partial charge in [-0.05, 0) is 29.8 Å². The first-order valence-corrected chi connectivity index (χ1v) is 10.7. The predicted molar refractivity (Wildman–Crippen MR) is 124 cm³/mol. The van der Waals surface area contributed by atoms with Crippen LogP contribution in [0.5, 0.6) is 17.4 Å². The van der Waals surface area contributed by atoms with E-state index in [0.717, 1.165) is 15.0 Å². The third kappa shape index (κ3) is 3.94. The lowest BCUT2D eigenvalue weighted by Crippen LogP contribution is -2.34. The molecule has 1 atom stereocenters. The first-order valence-electron chi connectivity index (χ1n) is 9.80. The summed E-state index contributed by atoms with van der Waals surface area (Å²) in [5.41, 5.74) is 0.360. The number of aromatic nitrogens is 2. The van der Waals surface area contributed by atoms with Crippen molar-refractivity contribution in [2.75, 3.05) is 7.11 Å².